The summed E-state index contributed by atoms with van der Waals surface area (Å²) in [5.41, 5.74) is 6.61. The van der Waals surface area contributed by atoms with Gasteiger partial charge in [-0.3, -0.25) is 0 Å². The van der Waals surface area contributed by atoms with Gasteiger partial charge < -0.3 is 10.5 Å². The molecule has 2 heterocycles. The molecule has 0 spiro atoms. The van der Waals surface area contributed by atoms with Gasteiger partial charge in [0, 0.05) is 4.88 Å². The Morgan fingerprint density at radius 3 is 2.64 bits per heavy atom. The van der Waals surface area contributed by atoms with Gasteiger partial charge in [0.2, 0.25) is 0 Å². The zero-order valence-electron chi connectivity index (χ0n) is 7.90. The number of rotatable bonds is 2. The molecule has 0 amide bonds. The zero-order valence-corrected chi connectivity index (χ0v) is 9.54. The molecule has 3 nitrogen and oxygen atoms in total. The van der Waals surface area contributed by atoms with Crippen molar-refractivity contribution in [2.24, 2.45) is 0 Å². The molecule has 0 aliphatic carbocycles. The average Bonchev–Trinajstić information content (AvgIpc) is 2.71. The zero-order chi connectivity index (χ0) is 10.1. The van der Waals surface area contributed by atoms with E-state index >= 15 is 0 Å². The van der Waals surface area contributed by atoms with Gasteiger partial charge in [0.15, 0.2) is 10.2 Å². The highest BCUT2D eigenvalue weighted by Gasteiger charge is 2.10. The lowest BCUT2D eigenvalue weighted by Crippen LogP contribution is -1.81. The van der Waals surface area contributed by atoms with Crippen LogP contribution in [0.4, 0.5) is 5.13 Å². The summed E-state index contributed by atoms with van der Waals surface area (Å²) in [6.07, 6.45) is 0. The van der Waals surface area contributed by atoms with Gasteiger partial charge >= 0.3 is 0 Å². The van der Waals surface area contributed by atoms with Crippen LogP contribution in [0, 0.1) is 6.92 Å². The van der Waals surface area contributed by atoms with E-state index in [9.17, 15) is 0 Å². The summed E-state index contributed by atoms with van der Waals surface area (Å²) >= 11 is 3.09. The summed E-state index contributed by atoms with van der Waals surface area (Å²) in [4.78, 5) is 6.53. The largest absolute Gasteiger partial charge is 0.487 e. The lowest BCUT2D eigenvalue weighted by Gasteiger charge is -1.92. The number of methoxy groups -OCH3 is 1. The van der Waals surface area contributed by atoms with Crippen molar-refractivity contribution < 1.29 is 4.74 Å². The monoisotopic (exact) mass is 226 g/mol. The molecule has 0 saturated heterocycles. The second-order valence-corrected chi connectivity index (χ2v) is 5.06. The summed E-state index contributed by atoms with van der Waals surface area (Å²) in [6, 6.07) is 3.94. The molecule has 0 aliphatic heterocycles. The molecule has 14 heavy (non-hydrogen) atoms. The summed E-state index contributed by atoms with van der Waals surface area (Å²) in [5.74, 6) is 0. The van der Waals surface area contributed by atoms with Crippen LogP contribution in [0.2, 0.25) is 0 Å². The van der Waals surface area contributed by atoms with Crippen molar-refractivity contribution in [2.75, 3.05) is 12.8 Å². The third kappa shape index (κ3) is 1.60. The molecule has 2 rings (SSSR count). The van der Waals surface area contributed by atoms with Crippen molar-refractivity contribution >= 4 is 27.8 Å². The Morgan fingerprint density at radius 2 is 2.14 bits per heavy atom. The van der Waals surface area contributed by atoms with E-state index < -0.39 is 0 Å². The van der Waals surface area contributed by atoms with Crippen LogP contribution in [0.1, 0.15) is 4.88 Å². The Balaban J connectivity index is 2.43. The Labute approximate surface area is 90.2 Å². The first-order valence-corrected chi connectivity index (χ1v) is 5.71. The molecule has 0 unspecified atom stereocenters. The topological polar surface area (TPSA) is 48.1 Å². The second-order valence-electron chi connectivity index (χ2n) is 2.78. The van der Waals surface area contributed by atoms with Crippen molar-refractivity contribution in [1.82, 2.24) is 4.98 Å². The number of aryl methyl sites for hydroxylation is 1. The number of nitrogens with zero attached hydrogens (tertiary/aromatic N) is 1. The van der Waals surface area contributed by atoms with Gasteiger partial charge in [-0.05, 0) is 19.1 Å². The van der Waals surface area contributed by atoms with E-state index in [4.69, 9.17) is 10.5 Å². The van der Waals surface area contributed by atoms with Crippen LogP contribution in [-0.2, 0) is 0 Å². The maximum atomic E-state index is 5.64. The van der Waals surface area contributed by atoms with Gasteiger partial charge in [-0.25, -0.2) is 4.98 Å². The van der Waals surface area contributed by atoms with E-state index in [1.54, 1.807) is 18.4 Å². The lowest BCUT2D eigenvalue weighted by molar-refractivity contribution is 0.427. The van der Waals surface area contributed by atoms with Gasteiger partial charge in [0.1, 0.15) is 0 Å². The van der Waals surface area contributed by atoms with Crippen LogP contribution in [-0.4, -0.2) is 12.1 Å². The molecule has 5 heteroatoms. The van der Waals surface area contributed by atoms with Gasteiger partial charge in [0.05, 0.1) is 17.7 Å². The molecule has 0 aromatic carbocycles. The number of hydrogen-bond acceptors (Lipinski definition) is 5. The van der Waals surface area contributed by atoms with Gasteiger partial charge in [-0.2, -0.15) is 0 Å². The van der Waals surface area contributed by atoms with Crippen molar-refractivity contribution in [2.45, 2.75) is 6.92 Å². The highest BCUT2D eigenvalue weighted by Crippen LogP contribution is 2.36. The third-order valence-corrected chi connectivity index (χ3v) is 3.68. The number of hydrogen-bond donors (Lipinski definition) is 1. The van der Waals surface area contributed by atoms with Crippen molar-refractivity contribution in [3.8, 4) is 15.6 Å². The van der Waals surface area contributed by atoms with E-state index in [-0.39, 0.29) is 0 Å². The number of thiophene rings is 1. The number of ether oxygens (including phenoxy) is 1. The number of nitrogen functional groups attached to an aromatic ring is 1. The summed E-state index contributed by atoms with van der Waals surface area (Å²) in [5, 5.41) is 1.51. The smallest absolute Gasteiger partial charge is 0.180 e. The van der Waals surface area contributed by atoms with Crippen molar-refractivity contribution in [3.05, 3.63) is 17.0 Å². The maximum absolute atomic E-state index is 5.64. The molecule has 74 valence electrons. The molecule has 0 fully saturated rings. The van der Waals surface area contributed by atoms with E-state index in [0.29, 0.717) is 5.13 Å². The minimum atomic E-state index is 0.616. The molecule has 2 aromatic heterocycles. The molecule has 0 bridgehead atoms. The number of anilines is 1. The highest BCUT2D eigenvalue weighted by atomic mass is 32.1. The first-order valence-electron chi connectivity index (χ1n) is 4.08. The predicted octanol–water partition coefficient (Wildman–Crippen LogP) is 2.77. The van der Waals surface area contributed by atoms with Gasteiger partial charge in [-0.15, -0.1) is 11.3 Å². The third-order valence-electron chi connectivity index (χ3n) is 1.83. The summed E-state index contributed by atoms with van der Waals surface area (Å²) in [6.45, 7) is 2.02. The van der Waals surface area contributed by atoms with E-state index in [1.165, 1.54) is 11.3 Å². The number of nitrogens with two attached hydrogens (primary N) is 1. The molecule has 0 radical (unpaired) electrons. The summed E-state index contributed by atoms with van der Waals surface area (Å²) < 4.78 is 5.13. The van der Waals surface area contributed by atoms with Crippen LogP contribution in [0.5, 0.6) is 5.06 Å². The normalized spacial score (nSPS) is 10.4. The van der Waals surface area contributed by atoms with Crippen LogP contribution >= 0.6 is 22.7 Å². The Bertz CT molecular complexity index is 447. The second kappa shape index (κ2) is 3.59. The minimum Gasteiger partial charge on any atom is -0.487 e. The molecular weight excluding hydrogens is 216 g/mol. The fraction of sp³-hybridized carbons (Fsp3) is 0.222. The molecule has 0 aliphatic rings. The van der Waals surface area contributed by atoms with Crippen molar-refractivity contribution in [3.63, 3.8) is 0 Å². The Hall–Kier alpha value is -1.07. The van der Waals surface area contributed by atoms with Gasteiger partial charge in [0.25, 0.3) is 0 Å². The fourth-order valence-corrected chi connectivity index (χ4v) is 2.84. The first-order chi connectivity index (χ1) is 6.70. The van der Waals surface area contributed by atoms with E-state index in [1.807, 2.05) is 19.1 Å². The minimum absolute atomic E-state index is 0.616. The standard InChI is InChI=1S/C9H10N2OS2/c1-5-8(11-9(10)13-5)6-3-4-7(12-2)14-6/h3-4H,1-2H3,(H2,10,11). The Morgan fingerprint density at radius 1 is 1.36 bits per heavy atom. The van der Waals surface area contributed by atoms with Crippen molar-refractivity contribution in [1.29, 1.82) is 0 Å². The highest BCUT2D eigenvalue weighted by molar-refractivity contribution is 7.18. The van der Waals surface area contributed by atoms with E-state index in [2.05, 4.69) is 4.98 Å². The van der Waals surface area contributed by atoms with Crippen LogP contribution in [0.15, 0.2) is 12.1 Å². The molecule has 0 atom stereocenters. The first kappa shape index (κ1) is 9.48. The lowest BCUT2D eigenvalue weighted by atomic mass is 10.3. The fourth-order valence-electron chi connectivity index (χ4n) is 1.20. The maximum Gasteiger partial charge on any atom is 0.180 e. The van der Waals surface area contributed by atoms with E-state index in [0.717, 1.165) is 20.5 Å². The summed E-state index contributed by atoms with van der Waals surface area (Å²) in [7, 11) is 1.66. The SMILES string of the molecule is COc1ccc(-c2nc(N)sc2C)s1. The van der Waals surface area contributed by atoms with Crippen LogP contribution in [0.3, 0.4) is 0 Å². The average molecular weight is 226 g/mol. The van der Waals surface area contributed by atoms with Gasteiger partial charge in [-0.1, -0.05) is 11.3 Å². The number of aromatic nitrogens is 1. The molecular formula is C9H10N2OS2. The predicted molar refractivity (Wildman–Crippen MR) is 61.1 cm³/mol. The molecule has 0 saturated carbocycles. The number of thiazole rings is 1. The molecule has 2 aromatic rings. The van der Waals surface area contributed by atoms with Crippen LogP contribution < -0.4 is 10.5 Å². The molecule has 2 N–H and O–H groups in total. The Kier molecular flexibility index (Phi) is 2.43. The quantitative estimate of drug-likeness (QED) is 0.856. The van der Waals surface area contributed by atoms with Crippen LogP contribution in [0.25, 0.3) is 10.6 Å².